The van der Waals surface area contributed by atoms with Crippen LogP contribution in [0.1, 0.15) is 11.1 Å². The zero-order chi connectivity index (χ0) is 20.7. The molecule has 3 aromatic rings. The Balaban J connectivity index is 2.44. The summed E-state index contributed by atoms with van der Waals surface area (Å²) in [6, 6.07) is 12.0. The van der Waals surface area contributed by atoms with Gasteiger partial charge in [-0.05, 0) is 52.6 Å². The predicted molar refractivity (Wildman–Crippen MR) is 96.1 cm³/mol. The number of nitrogens with two attached hydrogens (primary N) is 2. The lowest BCUT2D eigenvalue weighted by Gasteiger charge is -2.21. The normalized spacial score (nSPS) is 12.2. The van der Waals surface area contributed by atoms with Gasteiger partial charge in [0.1, 0.15) is 0 Å². The second kappa shape index (κ2) is 6.78. The number of halogens is 6. The highest BCUT2D eigenvalue weighted by molar-refractivity contribution is 5.85. The van der Waals surface area contributed by atoms with E-state index in [1.54, 1.807) is 6.07 Å². The zero-order valence-electron chi connectivity index (χ0n) is 14.2. The molecule has 4 N–H and O–H groups in total. The topological polar surface area (TPSA) is 52.0 Å². The molecule has 3 aromatic carbocycles. The van der Waals surface area contributed by atoms with Gasteiger partial charge in [-0.15, -0.1) is 0 Å². The van der Waals surface area contributed by atoms with Crippen molar-refractivity contribution in [2.24, 2.45) is 0 Å². The van der Waals surface area contributed by atoms with Gasteiger partial charge >= 0.3 is 12.4 Å². The molecule has 8 heteroatoms. The summed E-state index contributed by atoms with van der Waals surface area (Å²) < 4.78 is 82.4. The van der Waals surface area contributed by atoms with E-state index in [-0.39, 0.29) is 22.5 Å². The maximum absolute atomic E-state index is 14.0. The van der Waals surface area contributed by atoms with Gasteiger partial charge in [-0.2, -0.15) is 26.3 Å². The number of rotatable bonds is 2. The van der Waals surface area contributed by atoms with Crippen molar-refractivity contribution < 1.29 is 26.3 Å². The monoisotopic (exact) mass is 396 g/mol. The lowest BCUT2D eigenvalue weighted by Crippen LogP contribution is -2.13. The third-order valence-corrected chi connectivity index (χ3v) is 4.17. The van der Waals surface area contributed by atoms with Crippen LogP contribution in [0.2, 0.25) is 0 Å². The fourth-order valence-electron chi connectivity index (χ4n) is 3.06. The number of nitrogen functional groups attached to an aromatic ring is 2. The number of hydrogen-bond donors (Lipinski definition) is 2. The van der Waals surface area contributed by atoms with Crippen LogP contribution in [0.4, 0.5) is 37.7 Å². The van der Waals surface area contributed by atoms with Crippen molar-refractivity contribution in [3.8, 4) is 22.3 Å². The molecule has 2 nitrogen and oxygen atoms in total. The number of alkyl halides is 6. The van der Waals surface area contributed by atoms with Gasteiger partial charge in [0.25, 0.3) is 0 Å². The molecule has 0 unspecified atom stereocenters. The largest absolute Gasteiger partial charge is 0.417 e. The van der Waals surface area contributed by atoms with Crippen LogP contribution < -0.4 is 11.5 Å². The van der Waals surface area contributed by atoms with Gasteiger partial charge in [0, 0.05) is 11.4 Å². The highest BCUT2D eigenvalue weighted by Crippen LogP contribution is 2.47. The van der Waals surface area contributed by atoms with Crippen molar-refractivity contribution in [3.63, 3.8) is 0 Å². The maximum Gasteiger partial charge on any atom is 0.417 e. The van der Waals surface area contributed by atoms with Crippen LogP contribution in [-0.4, -0.2) is 0 Å². The molecule has 0 saturated carbocycles. The van der Waals surface area contributed by atoms with Crippen LogP contribution in [0, 0.1) is 0 Å². The summed E-state index contributed by atoms with van der Waals surface area (Å²) in [6.45, 7) is 0. The predicted octanol–water partition coefficient (Wildman–Crippen LogP) is 6.22. The molecule has 0 radical (unpaired) electrons. The molecule has 28 heavy (non-hydrogen) atoms. The summed E-state index contributed by atoms with van der Waals surface area (Å²) in [7, 11) is 0. The zero-order valence-corrected chi connectivity index (χ0v) is 14.2. The van der Waals surface area contributed by atoms with Gasteiger partial charge in [-0.1, -0.05) is 30.3 Å². The fraction of sp³-hybridized carbons (Fsp3) is 0.100. The number of benzene rings is 3. The third-order valence-electron chi connectivity index (χ3n) is 4.17. The molecule has 0 heterocycles. The smallest absolute Gasteiger partial charge is 0.399 e. The van der Waals surface area contributed by atoms with Crippen LogP contribution in [0.15, 0.2) is 60.7 Å². The lowest BCUT2D eigenvalue weighted by molar-refractivity contribution is -0.139. The minimum atomic E-state index is -4.93. The Kier molecular flexibility index (Phi) is 4.74. The van der Waals surface area contributed by atoms with Crippen LogP contribution >= 0.6 is 0 Å². The van der Waals surface area contributed by atoms with E-state index in [0.29, 0.717) is 6.07 Å². The third kappa shape index (κ3) is 3.76. The van der Waals surface area contributed by atoms with E-state index in [0.717, 1.165) is 24.3 Å². The maximum atomic E-state index is 14.0. The Morgan fingerprint density at radius 1 is 0.571 bits per heavy atom. The summed E-state index contributed by atoms with van der Waals surface area (Å²) in [5, 5.41) is 0. The van der Waals surface area contributed by atoms with Gasteiger partial charge in [-0.3, -0.25) is 0 Å². The minimum Gasteiger partial charge on any atom is -0.399 e. The molecule has 0 atom stereocenters. The molecule has 0 aliphatic carbocycles. The summed E-state index contributed by atoms with van der Waals surface area (Å²) in [4.78, 5) is 0. The van der Waals surface area contributed by atoms with Gasteiger partial charge in [-0.25, -0.2) is 0 Å². The quantitative estimate of drug-likeness (QED) is 0.399. The molecule has 146 valence electrons. The summed E-state index contributed by atoms with van der Waals surface area (Å²) >= 11 is 0. The molecular formula is C20H14F6N2. The summed E-state index contributed by atoms with van der Waals surface area (Å²) in [5.41, 5.74) is 7.23. The minimum absolute atomic E-state index is 0.0974. The van der Waals surface area contributed by atoms with Crippen molar-refractivity contribution in [3.05, 3.63) is 71.8 Å². The molecule has 0 amide bonds. The first-order chi connectivity index (χ1) is 13.0. The molecule has 0 spiro atoms. The van der Waals surface area contributed by atoms with Gasteiger partial charge in [0.05, 0.1) is 11.1 Å². The average molecular weight is 396 g/mol. The van der Waals surface area contributed by atoms with E-state index in [9.17, 15) is 26.3 Å². The van der Waals surface area contributed by atoms with Crippen molar-refractivity contribution in [1.82, 2.24) is 0 Å². The first kappa shape index (κ1) is 19.6. The molecular weight excluding hydrogens is 382 g/mol. The Bertz CT molecular complexity index is 1010. The molecule has 0 aromatic heterocycles. The summed E-state index contributed by atoms with van der Waals surface area (Å²) in [6.07, 6.45) is -9.80. The van der Waals surface area contributed by atoms with E-state index in [2.05, 4.69) is 0 Å². The summed E-state index contributed by atoms with van der Waals surface area (Å²) in [5.74, 6) is 0. The molecule has 0 fully saturated rings. The standard InChI is InChI=1S/C20H14F6N2/c21-19(22,23)17-7-6-12(27)8-15(17)16-10-13(28)9-14(18(16)20(24,25)26)11-4-2-1-3-5-11/h1-10H,27-28H2. The average Bonchev–Trinajstić information content (AvgIpc) is 2.59. The second-order valence-corrected chi connectivity index (χ2v) is 6.16. The van der Waals surface area contributed by atoms with Crippen molar-refractivity contribution in [1.29, 1.82) is 0 Å². The van der Waals surface area contributed by atoms with Crippen LogP contribution in [0.3, 0.4) is 0 Å². The first-order valence-electron chi connectivity index (χ1n) is 8.01. The van der Waals surface area contributed by atoms with E-state index in [1.165, 1.54) is 24.3 Å². The van der Waals surface area contributed by atoms with Crippen molar-refractivity contribution >= 4 is 11.4 Å². The van der Waals surface area contributed by atoms with E-state index < -0.39 is 34.6 Å². The van der Waals surface area contributed by atoms with Crippen LogP contribution in [0.25, 0.3) is 22.3 Å². The fourth-order valence-corrected chi connectivity index (χ4v) is 3.06. The molecule has 0 saturated heterocycles. The van der Waals surface area contributed by atoms with Gasteiger partial charge in [0.2, 0.25) is 0 Å². The SMILES string of the molecule is Nc1ccc(C(F)(F)F)c(-c2cc(N)cc(-c3ccccc3)c2C(F)(F)F)c1. The van der Waals surface area contributed by atoms with E-state index in [1.807, 2.05) is 0 Å². The van der Waals surface area contributed by atoms with Crippen molar-refractivity contribution in [2.75, 3.05) is 11.5 Å². The molecule has 0 aliphatic rings. The van der Waals surface area contributed by atoms with Gasteiger partial charge in [0.15, 0.2) is 0 Å². The van der Waals surface area contributed by atoms with Crippen molar-refractivity contribution in [2.45, 2.75) is 12.4 Å². The Morgan fingerprint density at radius 3 is 1.71 bits per heavy atom. The highest BCUT2D eigenvalue weighted by atomic mass is 19.4. The number of anilines is 2. The van der Waals surface area contributed by atoms with E-state index in [4.69, 9.17) is 11.5 Å². The number of hydrogen-bond acceptors (Lipinski definition) is 2. The lowest BCUT2D eigenvalue weighted by atomic mass is 9.88. The molecule has 0 aliphatic heterocycles. The first-order valence-corrected chi connectivity index (χ1v) is 8.01. The molecule has 3 rings (SSSR count). The highest BCUT2D eigenvalue weighted by Gasteiger charge is 2.40. The van der Waals surface area contributed by atoms with Gasteiger partial charge < -0.3 is 11.5 Å². The molecule has 0 bridgehead atoms. The Labute approximate surface area is 156 Å². The van der Waals surface area contributed by atoms with Crippen LogP contribution in [-0.2, 0) is 12.4 Å². The second-order valence-electron chi connectivity index (χ2n) is 6.16. The van der Waals surface area contributed by atoms with E-state index >= 15 is 0 Å². The Morgan fingerprint density at radius 2 is 1.14 bits per heavy atom. The Hall–Kier alpha value is -3.16. The van der Waals surface area contributed by atoms with Crippen LogP contribution in [0.5, 0.6) is 0 Å².